The fourth-order valence-electron chi connectivity index (χ4n) is 3.46. The second-order valence-electron chi connectivity index (χ2n) is 7.53. The molecule has 1 N–H and O–H groups in total. The number of rotatable bonds is 10. The predicted molar refractivity (Wildman–Crippen MR) is 119 cm³/mol. The quantitative estimate of drug-likeness (QED) is 0.401. The van der Waals surface area contributed by atoms with Crippen molar-refractivity contribution in [3.05, 3.63) is 78.0 Å². The molecular formula is C26H29NO2. The van der Waals surface area contributed by atoms with Crippen LogP contribution in [0.4, 0.5) is 0 Å². The molecule has 29 heavy (non-hydrogen) atoms. The lowest BCUT2D eigenvalue weighted by atomic mass is 10.00. The number of carboxylic acid groups (broad SMARTS) is 1. The summed E-state index contributed by atoms with van der Waals surface area (Å²) >= 11 is 0. The SMILES string of the molecule is CCCCCc1ccc(-c2ccc(-c3ccc(CCCC(=O)O)cc3)cc2)nc1. The third-order valence-corrected chi connectivity index (χ3v) is 5.22. The van der Waals surface area contributed by atoms with E-state index in [-0.39, 0.29) is 6.42 Å². The van der Waals surface area contributed by atoms with Crippen LogP contribution in [0.2, 0.25) is 0 Å². The molecule has 3 nitrogen and oxygen atoms in total. The molecule has 150 valence electrons. The van der Waals surface area contributed by atoms with Gasteiger partial charge in [-0.3, -0.25) is 9.78 Å². The van der Waals surface area contributed by atoms with Crippen molar-refractivity contribution in [3.8, 4) is 22.4 Å². The highest BCUT2D eigenvalue weighted by Gasteiger charge is 2.03. The van der Waals surface area contributed by atoms with Crippen LogP contribution in [-0.2, 0) is 17.6 Å². The summed E-state index contributed by atoms with van der Waals surface area (Å²) in [4.78, 5) is 15.3. The molecule has 1 heterocycles. The minimum absolute atomic E-state index is 0.219. The first-order valence-corrected chi connectivity index (χ1v) is 10.5. The molecule has 0 spiro atoms. The Morgan fingerprint density at radius 3 is 1.93 bits per heavy atom. The first kappa shape index (κ1) is 20.8. The molecule has 0 aliphatic rings. The molecule has 0 saturated carbocycles. The molecule has 0 unspecified atom stereocenters. The normalized spacial score (nSPS) is 10.8. The predicted octanol–water partition coefficient (Wildman–Crippen LogP) is 6.56. The zero-order valence-corrected chi connectivity index (χ0v) is 17.1. The molecule has 0 amide bonds. The molecular weight excluding hydrogens is 358 g/mol. The number of carboxylic acids is 1. The van der Waals surface area contributed by atoms with Crippen LogP contribution in [0.15, 0.2) is 66.9 Å². The van der Waals surface area contributed by atoms with Gasteiger partial charge in [0, 0.05) is 18.2 Å². The van der Waals surface area contributed by atoms with Crippen molar-refractivity contribution in [3.63, 3.8) is 0 Å². The van der Waals surface area contributed by atoms with Crippen molar-refractivity contribution < 1.29 is 9.90 Å². The van der Waals surface area contributed by atoms with E-state index in [1.54, 1.807) is 0 Å². The number of carbonyl (C=O) groups is 1. The van der Waals surface area contributed by atoms with E-state index < -0.39 is 5.97 Å². The van der Waals surface area contributed by atoms with E-state index in [4.69, 9.17) is 5.11 Å². The van der Waals surface area contributed by atoms with Crippen molar-refractivity contribution in [2.24, 2.45) is 0 Å². The molecule has 1 aromatic heterocycles. The van der Waals surface area contributed by atoms with Crippen LogP contribution in [0.5, 0.6) is 0 Å². The monoisotopic (exact) mass is 387 g/mol. The second kappa shape index (κ2) is 10.6. The van der Waals surface area contributed by atoms with Gasteiger partial charge in [0.2, 0.25) is 0 Å². The number of aliphatic carboxylic acids is 1. The number of nitrogens with zero attached hydrogens (tertiary/aromatic N) is 1. The average Bonchev–Trinajstić information content (AvgIpc) is 2.75. The van der Waals surface area contributed by atoms with Crippen LogP contribution in [-0.4, -0.2) is 16.1 Å². The van der Waals surface area contributed by atoms with Crippen LogP contribution in [0.25, 0.3) is 22.4 Å². The summed E-state index contributed by atoms with van der Waals surface area (Å²) in [6.45, 7) is 2.22. The molecule has 0 aliphatic heterocycles. The lowest BCUT2D eigenvalue weighted by molar-refractivity contribution is -0.137. The Bertz CT molecular complexity index is 897. The van der Waals surface area contributed by atoms with Gasteiger partial charge >= 0.3 is 5.97 Å². The van der Waals surface area contributed by atoms with Crippen LogP contribution < -0.4 is 0 Å². The van der Waals surface area contributed by atoms with Gasteiger partial charge in [-0.1, -0.05) is 74.4 Å². The van der Waals surface area contributed by atoms with Gasteiger partial charge in [-0.2, -0.15) is 0 Å². The van der Waals surface area contributed by atoms with Gasteiger partial charge < -0.3 is 5.11 Å². The fourth-order valence-corrected chi connectivity index (χ4v) is 3.46. The Balaban J connectivity index is 1.61. The smallest absolute Gasteiger partial charge is 0.303 e. The Morgan fingerprint density at radius 2 is 1.34 bits per heavy atom. The van der Waals surface area contributed by atoms with Gasteiger partial charge in [0.15, 0.2) is 0 Å². The van der Waals surface area contributed by atoms with E-state index in [9.17, 15) is 4.79 Å². The maximum atomic E-state index is 10.6. The van der Waals surface area contributed by atoms with E-state index >= 15 is 0 Å². The summed E-state index contributed by atoms with van der Waals surface area (Å²) in [5, 5.41) is 8.74. The van der Waals surface area contributed by atoms with Gasteiger partial charge in [0.1, 0.15) is 0 Å². The summed E-state index contributed by atoms with van der Waals surface area (Å²) in [6.07, 6.45) is 8.53. The Labute approximate surface area is 173 Å². The van der Waals surface area contributed by atoms with E-state index in [0.29, 0.717) is 6.42 Å². The molecule has 0 bridgehead atoms. The average molecular weight is 388 g/mol. The molecule has 0 saturated heterocycles. The summed E-state index contributed by atoms with van der Waals surface area (Å²) in [7, 11) is 0. The molecule has 3 rings (SSSR count). The minimum Gasteiger partial charge on any atom is -0.481 e. The van der Waals surface area contributed by atoms with Gasteiger partial charge in [-0.25, -0.2) is 0 Å². The first-order valence-electron chi connectivity index (χ1n) is 10.5. The van der Waals surface area contributed by atoms with Crippen LogP contribution >= 0.6 is 0 Å². The summed E-state index contributed by atoms with van der Waals surface area (Å²) in [6, 6.07) is 21.2. The number of hydrogen-bond donors (Lipinski definition) is 1. The zero-order chi connectivity index (χ0) is 20.5. The standard InChI is InChI=1S/C26H29NO2/c1-2-3-4-6-21-11-18-25(27-19-21)24-16-14-23(15-17-24)22-12-9-20(10-13-22)7-5-8-26(28)29/h9-19H,2-8H2,1H3,(H,28,29). The van der Waals surface area contributed by atoms with Crippen molar-refractivity contribution in [2.45, 2.75) is 51.9 Å². The highest BCUT2D eigenvalue weighted by atomic mass is 16.4. The van der Waals surface area contributed by atoms with Crippen molar-refractivity contribution in [1.82, 2.24) is 4.98 Å². The molecule has 2 aromatic carbocycles. The topological polar surface area (TPSA) is 50.2 Å². The second-order valence-corrected chi connectivity index (χ2v) is 7.53. The Hall–Kier alpha value is -2.94. The number of aromatic nitrogens is 1. The summed E-state index contributed by atoms with van der Waals surface area (Å²) in [5.41, 5.74) is 6.95. The maximum Gasteiger partial charge on any atom is 0.303 e. The van der Waals surface area contributed by atoms with E-state index in [2.05, 4.69) is 72.6 Å². The van der Waals surface area contributed by atoms with Crippen LogP contribution in [0.1, 0.15) is 50.2 Å². The number of unbranched alkanes of at least 4 members (excludes halogenated alkanes) is 2. The van der Waals surface area contributed by atoms with Gasteiger partial charge in [0.05, 0.1) is 5.69 Å². The number of pyridine rings is 1. The molecule has 3 heteroatoms. The molecule has 3 aromatic rings. The fraction of sp³-hybridized carbons (Fsp3) is 0.308. The summed E-state index contributed by atoms with van der Waals surface area (Å²) < 4.78 is 0. The maximum absolute atomic E-state index is 10.6. The van der Waals surface area contributed by atoms with E-state index in [1.807, 2.05) is 6.20 Å². The third-order valence-electron chi connectivity index (χ3n) is 5.22. The van der Waals surface area contributed by atoms with E-state index in [1.165, 1.54) is 36.0 Å². The number of benzene rings is 2. The van der Waals surface area contributed by atoms with Crippen molar-refractivity contribution in [1.29, 1.82) is 0 Å². The lowest BCUT2D eigenvalue weighted by Crippen LogP contribution is -1.95. The molecule has 0 fully saturated rings. The van der Waals surface area contributed by atoms with Gasteiger partial charge in [-0.15, -0.1) is 0 Å². The van der Waals surface area contributed by atoms with Crippen molar-refractivity contribution in [2.75, 3.05) is 0 Å². The van der Waals surface area contributed by atoms with Crippen molar-refractivity contribution >= 4 is 5.97 Å². The van der Waals surface area contributed by atoms with Crippen LogP contribution in [0, 0.1) is 0 Å². The Kier molecular flexibility index (Phi) is 7.57. The highest BCUT2D eigenvalue weighted by Crippen LogP contribution is 2.25. The van der Waals surface area contributed by atoms with Gasteiger partial charge in [-0.05, 0) is 54.0 Å². The number of hydrogen-bond acceptors (Lipinski definition) is 2. The lowest BCUT2D eigenvalue weighted by Gasteiger charge is -2.07. The first-order chi connectivity index (χ1) is 14.2. The zero-order valence-electron chi connectivity index (χ0n) is 17.1. The third kappa shape index (κ3) is 6.28. The molecule has 0 atom stereocenters. The summed E-state index contributed by atoms with van der Waals surface area (Å²) in [5.74, 6) is -0.734. The minimum atomic E-state index is -0.734. The number of aryl methyl sites for hydroxylation is 2. The molecule has 0 radical (unpaired) electrons. The Morgan fingerprint density at radius 1 is 0.759 bits per heavy atom. The largest absolute Gasteiger partial charge is 0.481 e. The molecule has 0 aliphatic carbocycles. The van der Waals surface area contributed by atoms with Gasteiger partial charge in [0.25, 0.3) is 0 Å². The van der Waals surface area contributed by atoms with E-state index in [0.717, 1.165) is 29.7 Å². The highest BCUT2D eigenvalue weighted by molar-refractivity contribution is 5.69. The van der Waals surface area contributed by atoms with Crippen LogP contribution in [0.3, 0.4) is 0 Å².